The lowest BCUT2D eigenvalue weighted by molar-refractivity contribution is 0.532. The normalized spacial score (nSPS) is 24.8. The van der Waals surface area contributed by atoms with Gasteiger partial charge in [-0.25, -0.2) is 0 Å². The standard InChI is InChI=1S/C7H15P.C5H11P.CH5P/c1-2-6-3-4-7(8)5-6;1-3-5(6)4-2;1-2/h6-7H,2-5,8H2,1H3;3,5H,1,4,6H2,2H3;2H2,1H3/p+1. The molecule has 0 bridgehead atoms. The largest absolute Gasteiger partial charge is 0.134 e. The summed E-state index contributed by atoms with van der Waals surface area (Å²) in [7, 11) is 7.48. The zero-order valence-electron chi connectivity index (χ0n) is 11.4. The van der Waals surface area contributed by atoms with Crippen LogP contribution in [0.4, 0.5) is 0 Å². The summed E-state index contributed by atoms with van der Waals surface area (Å²) < 4.78 is 0. The third-order valence-corrected chi connectivity index (χ3v) is 4.28. The molecule has 1 rings (SSSR count). The summed E-state index contributed by atoms with van der Waals surface area (Å²) in [6.45, 7) is 10.1. The molecule has 0 aromatic rings. The third-order valence-electron chi connectivity index (χ3n) is 2.93. The zero-order chi connectivity index (χ0) is 13.0. The minimum atomic E-state index is 0.616. The molecule has 6 unspecified atom stereocenters. The van der Waals surface area contributed by atoms with Crippen molar-refractivity contribution in [3.05, 3.63) is 12.7 Å². The first-order valence-electron chi connectivity index (χ1n) is 6.48. The second-order valence-electron chi connectivity index (χ2n) is 4.16. The van der Waals surface area contributed by atoms with E-state index in [1.165, 1.54) is 32.1 Å². The summed E-state index contributed by atoms with van der Waals surface area (Å²) in [5.41, 5.74) is 1.56. The average Bonchev–Trinajstić information content (AvgIpc) is 2.77. The summed E-state index contributed by atoms with van der Waals surface area (Å²) in [4.78, 5) is 0. The predicted octanol–water partition coefficient (Wildman–Crippen LogP) is 4.49. The lowest BCUT2D eigenvalue weighted by atomic mass is 10.1. The maximum absolute atomic E-state index is 3.61. The van der Waals surface area contributed by atoms with Crippen molar-refractivity contribution in [2.75, 3.05) is 6.66 Å². The van der Waals surface area contributed by atoms with Gasteiger partial charge in [0.25, 0.3) is 0 Å². The molecule has 1 fully saturated rings. The molecular formula is C13H32P3+. The van der Waals surface area contributed by atoms with E-state index in [2.05, 4.69) is 38.9 Å². The van der Waals surface area contributed by atoms with Gasteiger partial charge in [-0.05, 0) is 52.2 Å². The van der Waals surface area contributed by atoms with E-state index < -0.39 is 0 Å². The highest BCUT2D eigenvalue weighted by molar-refractivity contribution is 7.18. The maximum atomic E-state index is 3.61. The van der Waals surface area contributed by atoms with Crippen LogP contribution >= 0.6 is 27.7 Å². The van der Waals surface area contributed by atoms with E-state index in [-0.39, 0.29) is 0 Å². The van der Waals surface area contributed by atoms with Crippen molar-refractivity contribution < 1.29 is 0 Å². The lowest BCUT2D eigenvalue weighted by Crippen LogP contribution is -1.91. The molecule has 1 saturated carbocycles. The van der Waals surface area contributed by atoms with E-state index in [0.717, 1.165) is 11.6 Å². The summed E-state index contributed by atoms with van der Waals surface area (Å²) in [6, 6.07) is 0. The fourth-order valence-corrected chi connectivity index (χ4v) is 2.23. The summed E-state index contributed by atoms with van der Waals surface area (Å²) in [5.74, 6) is 1.05. The Kier molecular flexibility index (Phi) is 17.1. The van der Waals surface area contributed by atoms with Crippen molar-refractivity contribution in [3.8, 4) is 0 Å². The smallest absolute Gasteiger partial charge is 0.0421 e. The van der Waals surface area contributed by atoms with Crippen molar-refractivity contribution in [1.29, 1.82) is 0 Å². The van der Waals surface area contributed by atoms with Gasteiger partial charge in [0, 0.05) is 6.66 Å². The second kappa shape index (κ2) is 14.1. The molecule has 0 radical (unpaired) electrons. The van der Waals surface area contributed by atoms with Crippen molar-refractivity contribution in [2.45, 2.75) is 57.3 Å². The molecule has 1 aliphatic carbocycles. The molecule has 16 heavy (non-hydrogen) atoms. The predicted molar refractivity (Wildman–Crippen MR) is 92.1 cm³/mol. The SMILES string of the molecule is C=CC(P)CC.CCC1CCC(P)C1.C[PH3+]. The van der Waals surface area contributed by atoms with Crippen molar-refractivity contribution in [2.24, 2.45) is 5.92 Å². The van der Waals surface area contributed by atoms with E-state index >= 15 is 0 Å². The topological polar surface area (TPSA) is 0 Å². The van der Waals surface area contributed by atoms with Crippen molar-refractivity contribution in [1.82, 2.24) is 0 Å². The highest BCUT2D eigenvalue weighted by Crippen LogP contribution is 2.32. The average molecular weight is 281 g/mol. The van der Waals surface area contributed by atoms with E-state index in [1.807, 2.05) is 22.0 Å². The highest BCUT2D eigenvalue weighted by atomic mass is 31.0. The molecule has 6 atom stereocenters. The van der Waals surface area contributed by atoms with Gasteiger partial charge >= 0.3 is 0 Å². The number of rotatable bonds is 3. The van der Waals surface area contributed by atoms with Crippen LogP contribution in [0.3, 0.4) is 0 Å². The Bertz CT molecular complexity index is 148. The molecule has 0 nitrogen and oxygen atoms in total. The van der Waals surface area contributed by atoms with Crippen LogP contribution in [0.5, 0.6) is 0 Å². The van der Waals surface area contributed by atoms with Gasteiger partial charge in [0.15, 0.2) is 0 Å². The molecule has 0 amide bonds. The fourth-order valence-electron chi connectivity index (χ4n) is 1.65. The molecule has 1 aliphatic rings. The van der Waals surface area contributed by atoms with E-state index in [0.29, 0.717) is 5.66 Å². The van der Waals surface area contributed by atoms with Crippen LogP contribution in [0, 0.1) is 5.92 Å². The Morgan fingerprint density at radius 3 is 2.06 bits per heavy atom. The summed E-state index contributed by atoms with van der Waals surface area (Å²) >= 11 is 0. The van der Waals surface area contributed by atoms with Gasteiger partial charge in [0.1, 0.15) is 0 Å². The van der Waals surface area contributed by atoms with Gasteiger partial charge < -0.3 is 0 Å². The molecule has 0 aliphatic heterocycles. The number of allylic oxidation sites excluding steroid dienone is 1. The van der Waals surface area contributed by atoms with Crippen LogP contribution in [-0.2, 0) is 0 Å². The fraction of sp³-hybridized carbons (Fsp3) is 0.846. The first kappa shape index (κ1) is 19.4. The molecule has 0 saturated heterocycles. The summed E-state index contributed by atoms with van der Waals surface area (Å²) in [6.07, 6.45) is 8.89. The van der Waals surface area contributed by atoms with Crippen LogP contribution in [0.1, 0.15) is 46.0 Å². The molecule has 0 spiro atoms. The van der Waals surface area contributed by atoms with E-state index in [9.17, 15) is 0 Å². The van der Waals surface area contributed by atoms with Crippen molar-refractivity contribution in [3.63, 3.8) is 0 Å². The molecular weight excluding hydrogens is 249 g/mol. The Morgan fingerprint density at radius 2 is 1.94 bits per heavy atom. The van der Waals surface area contributed by atoms with Gasteiger partial charge in [0.05, 0.1) is 0 Å². The van der Waals surface area contributed by atoms with Crippen LogP contribution in [-0.4, -0.2) is 18.0 Å². The summed E-state index contributed by atoms with van der Waals surface area (Å²) in [5, 5.41) is 0. The Morgan fingerprint density at radius 1 is 1.38 bits per heavy atom. The molecule has 0 N–H and O–H groups in total. The van der Waals surface area contributed by atoms with Crippen molar-refractivity contribution >= 4 is 27.7 Å². The molecule has 0 heterocycles. The van der Waals surface area contributed by atoms with Crippen LogP contribution in [0.25, 0.3) is 0 Å². The van der Waals surface area contributed by atoms with Gasteiger partial charge in [-0.1, -0.05) is 26.3 Å². The molecule has 98 valence electrons. The Hall–Kier alpha value is 1.03. The highest BCUT2D eigenvalue weighted by Gasteiger charge is 2.18. The van der Waals surface area contributed by atoms with Crippen LogP contribution in [0.2, 0.25) is 0 Å². The maximum Gasteiger partial charge on any atom is 0.0421 e. The zero-order valence-corrected chi connectivity index (χ0v) is 15.1. The van der Waals surface area contributed by atoms with Crippen LogP contribution in [0.15, 0.2) is 12.7 Å². The molecule has 3 heteroatoms. The Labute approximate surface area is 110 Å². The minimum absolute atomic E-state index is 0.616. The number of hydrogen-bond acceptors (Lipinski definition) is 0. The quantitative estimate of drug-likeness (QED) is 0.528. The van der Waals surface area contributed by atoms with E-state index in [1.54, 1.807) is 0 Å². The first-order valence-corrected chi connectivity index (χ1v) is 9.23. The van der Waals surface area contributed by atoms with Crippen LogP contribution < -0.4 is 0 Å². The third kappa shape index (κ3) is 11.5. The Balaban J connectivity index is 0. The lowest BCUT2D eigenvalue weighted by Gasteiger charge is -2.02. The van der Waals surface area contributed by atoms with E-state index in [4.69, 9.17) is 0 Å². The first-order chi connectivity index (χ1) is 7.63. The van der Waals surface area contributed by atoms with Gasteiger partial charge in [-0.3, -0.25) is 0 Å². The monoisotopic (exact) mass is 281 g/mol. The molecule has 0 aromatic carbocycles. The molecule has 0 aromatic heterocycles. The van der Waals surface area contributed by atoms with Gasteiger partial charge in [-0.15, -0.1) is 25.1 Å². The minimum Gasteiger partial charge on any atom is -0.134 e. The van der Waals surface area contributed by atoms with Gasteiger partial charge in [-0.2, -0.15) is 0 Å². The second-order valence-corrected chi connectivity index (χ2v) is 5.95. The van der Waals surface area contributed by atoms with Gasteiger partial charge in [0.2, 0.25) is 0 Å². The number of hydrogen-bond donors (Lipinski definition) is 0.